The average molecular weight is 521 g/mol. The molecule has 190 valence electrons. The molecule has 1 aliphatic carbocycles. The van der Waals surface area contributed by atoms with Crippen molar-refractivity contribution in [1.82, 2.24) is 9.62 Å². The number of carbonyl (C=O) groups is 1. The Hall–Kier alpha value is -3.24. The van der Waals surface area contributed by atoms with Crippen LogP contribution in [0.3, 0.4) is 0 Å². The topological polar surface area (TPSA) is 66.5 Å². The van der Waals surface area contributed by atoms with Gasteiger partial charge in [0.05, 0.1) is 10.5 Å². The molecule has 0 spiro atoms. The first-order valence-corrected chi connectivity index (χ1v) is 12.7. The van der Waals surface area contributed by atoms with Gasteiger partial charge in [0, 0.05) is 13.1 Å². The van der Waals surface area contributed by atoms with E-state index in [1.54, 1.807) is 31.2 Å². The first-order chi connectivity index (χ1) is 17.0. The number of hydrogen-bond acceptors (Lipinski definition) is 3. The van der Waals surface area contributed by atoms with Crippen LogP contribution in [0.5, 0.6) is 0 Å². The van der Waals surface area contributed by atoms with Crippen molar-refractivity contribution in [3.8, 4) is 11.1 Å². The molecule has 1 N–H and O–H groups in total. The zero-order valence-corrected chi connectivity index (χ0v) is 20.2. The summed E-state index contributed by atoms with van der Waals surface area (Å²) in [5, 5.41) is 2.80. The lowest BCUT2D eigenvalue weighted by Crippen LogP contribution is -2.51. The molecule has 1 amide bonds. The number of likely N-dealkylation sites (N-methyl/N-ethyl adjacent to an activating group) is 1. The number of benzene rings is 3. The van der Waals surface area contributed by atoms with Crippen molar-refractivity contribution in [2.45, 2.75) is 42.9 Å². The fraction of sp³-hybridized carbons (Fsp3) is 0.269. The van der Waals surface area contributed by atoms with Crippen LogP contribution in [0.25, 0.3) is 11.1 Å². The van der Waals surface area contributed by atoms with Crippen LogP contribution < -0.4 is 5.32 Å². The van der Waals surface area contributed by atoms with Crippen LogP contribution in [-0.2, 0) is 27.5 Å². The Balaban J connectivity index is 1.48. The maximum atomic E-state index is 13.3. The third-order valence-corrected chi connectivity index (χ3v) is 8.29. The van der Waals surface area contributed by atoms with E-state index in [1.165, 1.54) is 24.3 Å². The minimum atomic E-state index is -4.42. The van der Waals surface area contributed by atoms with Crippen LogP contribution in [0, 0.1) is 5.82 Å². The van der Waals surface area contributed by atoms with E-state index in [9.17, 15) is 30.8 Å². The predicted octanol–water partition coefficient (Wildman–Crippen LogP) is 5.37. The average Bonchev–Trinajstić information content (AvgIpc) is 3.64. The highest BCUT2D eigenvalue weighted by Gasteiger charge is 2.58. The smallest absolute Gasteiger partial charge is 0.350 e. The van der Waals surface area contributed by atoms with Crippen LogP contribution in [0.4, 0.5) is 17.6 Å². The second-order valence-electron chi connectivity index (χ2n) is 8.61. The summed E-state index contributed by atoms with van der Waals surface area (Å²) in [7, 11) is -4.02. The summed E-state index contributed by atoms with van der Waals surface area (Å²) in [6.45, 7) is 1.82. The van der Waals surface area contributed by atoms with Gasteiger partial charge in [-0.05, 0) is 72.0 Å². The minimum Gasteiger partial charge on any atom is -0.350 e. The normalized spacial score (nSPS) is 15.1. The molecule has 0 bridgehead atoms. The van der Waals surface area contributed by atoms with Crippen LogP contribution in [0.2, 0.25) is 0 Å². The lowest BCUT2D eigenvalue weighted by atomic mass is 10.0. The molecule has 0 heterocycles. The first-order valence-electron chi connectivity index (χ1n) is 11.3. The van der Waals surface area contributed by atoms with Gasteiger partial charge in [-0.15, -0.1) is 0 Å². The van der Waals surface area contributed by atoms with Crippen LogP contribution in [0.15, 0.2) is 77.7 Å². The molecule has 3 aromatic carbocycles. The largest absolute Gasteiger partial charge is 0.416 e. The van der Waals surface area contributed by atoms with Crippen LogP contribution in [0.1, 0.15) is 30.9 Å². The van der Waals surface area contributed by atoms with E-state index in [1.807, 2.05) is 0 Å². The molecule has 0 aliphatic heterocycles. The molecule has 3 aromatic rings. The molecule has 1 aliphatic rings. The van der Waals surface area contributed by atoms with Gasteiger partial charge in [-0.25, -0.2) is 12.8 Å². The van der Waals surface area contributed by atoms with Crippen LogP contribution in [-0.4, -0.2) is 30.7 Å². The molecule has 0 unspecified atom stereocenters. The molecule has 0 radical (unpaired) electrons. The Morgan fingerprint density at radius 2 is 1.61 bits per heavy atom. The fourth-order valence-electron chi connectivity index (χ4n) is 4.20. The summed E-state index contributed by atoms with van der Waals surface area (Å²) in [5.74, 6) is -0.996. The Kier molecular flexibility index (Phi) is 6.94. The lowest BCUT2D eigenvalue weighted by Gasteiger charge is -2.29. The lowest BCUT2D eigenvalue weighted by molar-refractivity contribution is -0.137. The number of carbonyl (C=O) groups excluding carboxylic acids is 1. The standard InChI is InChI=1S/C26H24F4N2O3S/c1-2-32(36(34,35)23-12-10-22(27)11-13-23)25(14-15-25)24(33)31-17-18-4-3-5-20(16-18)19-6-8-21(9-7-19)26(28,29)30/h3-13,16H,2,14-15,17H2,1H3,(H,31,33). The van der Waals surface area contributed by atoms with Gasteiger partial charge < -0.3 is 5.32 Å². The molecular formula is C26H24F4N2O3S. The highest BCUT2D eigenvalue weighted by Crippen LogP contribution is 2.45. The van der Waals surface area contributed by atoms with E-state index in [4.69, 9.17) is 0 Å². The number of sulfonamides is 1. The first kappa shape index (κ1) is 25.8. The van der Waals surface area contributed by atoms with E-state index in [0.29, 0.717) is 29.5 Å². The van der Waals surface area contributed by atoms with E-state index in [-0.39, 0.29) is 18.0 Å². The molecule has 1 saturated carbocycles. The molecule has 0 saturated heterocycles. The molecule has 10 heteroatoms. The van der Waals surface area contributed by atoms with Gasteiger partial charge in [0.1, 0.15) is 11.4 Å². The summed E-state index contributed by atoms with van der Waals surface area (Å²) in [6.07, 6.45) is -3.70. The van der Waals surface area contributed by atoms with E-state index in [0.717, 1.165) is 28.6 Å². The molecule has 0 aromatic heterocycles. The van der Waals surface area contributed by atoms with Gasteiger partial charge in [0.25, 0.3) is 0 Å². The number of nitrogens with zero attached hydrogens (tertiary/aromatic N) is 1. The minimum absolute atomic E-state index is 0.0660. The van der Waals surface area contributed by atoms with Gasteiger partial charge >= 0.3 is 6.18 Å². The summed E-state index contributed by atoms with van der Waals surface area (Å²) < 4.78 is 79.3. The van der Waals surface area contributed by atoms with E-state index < -0.39 is 39.0 Å². The number of alkyl halides is 3. The quantitative estimate of drug-likeness (QED) is 0.406. The number of rotatable bonds is 8. The molecular weight excluding hydrogens is 496 g/mol. The highest BCUT2D eigenvalue weighted by atomic mass is 32.2. The van der Waals surface area contributed by atoms with Crippen molar-refractivity contribution in [2.24, 2.45) is 0 Å². The van der Waals surface area contributed by atoms with E-state index in [2.05, 4.69) is 5.32 Å². The van der Waals surface area contributed by atoms with Gasteiger partial charge in [-0.2, -0.15) is 17.5 Å². The third kappa shape index (κ3) is 5.15. The molecule has 0 atom stereocenters. The van der Waals surface area contributed by atoms with Crippen molar-refractivity contribution >= 4 is 15.9 Å². The summed E-state index contributed by atoms with van der Waals surface area (Å²) in [5.41, 5.74) is 0.0389. The molecule has 1 fully saturated rings. The van der Waals surface area contributed by atoms with Crippen molar-refractivity contribution in [3.05, 3.63) is 89.7 Å². The number of hydrogen-bond donors (Lipinski definition) is 1. The summed E-state index contributed by atoms with van der Waals surface area (Å²) >= 11 is 0. The fourth-order valence-corrected chi connectivity index (χ4v) is 6.00. The third-order valence-electron chi connectivity index (χ3n) is 6.24. The Morgan fingerprint density at radius 3 is 2.17 bits per heavy atom. The zero-order chi connectivity index (χ0) is 26.1. The predicted molar refractivity (Wildman–Crippen MR) is 127 cm³/mol. The van der Waals surface area contributed by atoms with Crippen molar-refractivity contribution in [2.75, 3.05) is 6.54 Å². The maximum Gasteiger partial charge on any atom is 0.416 e. The Labute approximate surface area is 206 Å². The molecule has 36 heavy (non-hydrogen) atoms. The van der Waals surface area contributed by atoms with Crippen molar-refractivity contribution < 1.29 is 30.8 Å². The van der Waals surface area contributed by atoms with Gasteiger partial charge in [0.15, 0.2) is 0 Å². The van der Waals surface area contributed by atoms with Crippen molar-refractivity contribution in [3.63, 3.8) is 0 Å². The Bertz CT molecular complexity index is 1350. The highest BCUT2D eigenvalue weighted by molar-refractivity contribution is 7.89. The number of nitrogens with one attached hydrogen (secondary N) is 1. The summed E-state index contributed by atoms with van der Waals surface area (Å²) in [6, 6.07) is 16.3. The Morgan fingerprint density at radius 1 is 0.972 bits per heavy atom. The molecule has 5 nitrogen and oxygen atoms in total. The summed E-state index contributed by atoms with van der Waals surface area (Å²) in [4.78, 5) is 13.0. The van der Waals surface area contributed by atoms with Crippen molar-refractivity contribution in [1.29, 1.82) is 0 Å². The second kappa shape index (κ2) is 9.67. The zero-order valence-electron chi connectivity index (χ0n) is 19.3. The second-order valence-corrected chi connectivity index (χ2v) is 10.5. The monoisotopic (exact) mass is 520 g/mol. The number of halogens is 4. The maximum absolute atomic E-state index is 13.3. The van der Waals surface area contributed by atoms with E-state index >= 15 is 0 Å². The SMILES string of the molecule is CCN(C1(C(=O)NCc2cccc(-c3ccc(C(F)(F)F)cc3)c2)CC1)S(=O)(=O)c1ccc(F)cc1. The number of amides is 1. The van der Waals surface area contributed by atoms with Gasteiger partial charge in [0.2, 0.25) is 15.9 Å². The van der Waals surface area contributed by atoms with Gasteiger partial charge in [-0.3, -0.25) is 4.79 Å². The van der Waals surface area contributed by atoms with Crippen LogP contribution >= 0.6 is 0 Å². The molecule has 4 rings (SSSR count). The van der Waals surface area contributed by atoms with Gasteiger partial charge in [-0.1, -0.05) is 37.3 Å².